The minimum atomic E-state index is -0.276. The van der Waals surface area contributed by atoms with Crippen LogP contribution in [0.3, 0.4) is 0 Å². The van der Waals surface area contributed by atoms with Crippen LogP contribution in [-0.4, -0.2) is 24.1 Å². The molecule has 21 heavy (non-hydrogen) atoms. The van der Waals surface area contributed by atoms with Crippen molar-refractivity contribution in [3.8, 4) is 17.9 Å². The molecule has 0 bridgehead atoms. The number of carbonyl (C=O) groups excluding carboxylic acids is 1. The Morgan fingerprint density at radius 2 is 2.05 bits per heavy atom. The third-order valence-electron chi connectivity index (χ3n) is 3.24. The van der Waals surface area contributed by atoms with E-state index in [1.54, 1.807) is 4.90 Å². The van der Waals surface area contributed by atoms with Gasteiger partial charge in [-0.2, -0.15) is 5.26 Å². The molecular weight excluding hydrogens is 264 g/mol. The van der Waals surface area contributed by atoms with Gasteiger partial charge in [-0.1, -0.05) is 36.3 Å². The zero-order valence-electron chi connectivity index (χ0n) is 11.9. The molecule has 0 unspecified atom stereocenters. The lowest BCUT2D eigenvalue weighted by Crippen LogP contribution is -2.49. The zero-order valence-corrected chi connectivity index (χ0v) is 11.9. The van der Waals surface area contributed by atoms with E-state index in [-0.39, 0.29) is 12.0 Å². The van der Waals surface area contributed by atoms with E-state index in [4.69, 9.17) is 10.00 Å². The smallest absolute Gasteiger partial charge is 0.410 e. The van der Waals surface area contributed by atoms with Crippen LogP contribution in [0.1, 0.15) is 24.8 Å². The summed E-state index contributed by atoms with van der Waals surface area (Å²) in [4.78, 5) is 13.4. The number of carbonyl (C=O) groups is 1. The molecule has 0 aromatic heterocycles. The molecule has 4 nitrogen and oxygen atoms in total. The molecule has 1 aromatic carbocycles. The van der Waals surface area contributed by atoms with Gasteiger partial charge in [-0.25, -0.2) is 4.79 Å². The van der Waals surface area contributed by atoms with Crippen LogP contribution < -0.4 is 0 Å². The van der Waals surface area contributed by atoms with E-state index in [0.717, 1.165) is 18.4 Å². The normalized spacial score (nSPS) is 13.6. The zero-order chi connectivity index (χ0) is 14.9. The van der Waals surface area contributed by atoms with Crippen LogP contribution in [0.15, 0.2) is 30.3 Å². The van der Waals surface area contributed by atoms with E-state index in [0.29, 0.717) is 26.1 Å². The van der Waals surface area contributed by atoms with E-state index in [1.165, 1.54) is 0 Å². The number of hydrogen-bond donors (Lipinski definition) is 0. The van der Waals surface area contributed by atoms with Crippen molar-refractivity contribution in [1.82, 2.24) is 4.90 Å². The minimum Gasteiger partial charge on any atom is -0.445 e. The molecule has 1 saturated heterocycles. The molecule has 1 fully saturated rings. The van der Waals surface area contributed by atoms with Crippen LogP contribution in [0.2, 0.25) is 0 Å². The van der Waals surface area contributed by atoms with E-state index in [2.05, 4.69) is 17.9 Å². The molecular formula is C17H18N2O2. The summed E-state index contributed by atoms with van der Waals surface area (Å²) in [6, 6.07) is 11.7. The number of likely N-dealkylation sites (tertiary alicyclic amines) is 1. The highest BCUT2D eigenvalue weighted by molar-refractivity contribution is 5.68. The summed E-state index contributed by atoms with van der Waals surface area (Å²) in [6.07, 6.45) is 1.85. The predicted octanol–water partition coefficient (Wildman–Crippen LogP) is 2.95. The Morgan fingerprint density at radius 1 is 1.29 bits per heavy atom. The molecule has 1 aliphatic heterocycles. The lowest BCUT2D eigenvalue weighted by Gasteiger charge is -2.35. The second-order valence-corrected chi connectivity index (χ2v) is 4.97. The average Bonchev–Trinajstić information content (AvgIpc) is 2.47. The lowest BCUT2D eigenvalue weighted by atomic mass is 10.0. The molecule has 1 amide bonds. The quantitative estimate of drug-likeness (QED) is 0.630. The van der Waals surface area contributed by atoms with Gasteiger partial charge < -0.3 is 9.64 Å². The summed E-state index contributed by atoms with van der Waals surface area (Å²) in [5, 5.41) is 8.40. The van der Waals surface area contributed by atoms with E-state index >= 15 is 0 Å². The Morgan fingerprint density at radius 3 is 2.76 bits per heavy atom. The van der Waals surface area contributed by atoms with Gasteiger partial charge in [-0.3, -0.25) is 0 Å². The molecule has 1 heterocycles. The fraction of sp³-hybridized carbons (Fsp3) is 0.412. The molecule has 108 valence electrons. The van der Waals surface area contributed by atoms with Crippen LogP contribution >= 0.6 is 0 Å². The summed E-state index contributed by atoms with van der Waals surface area (Å²) in [6.45, 7) is 1.58. The first kappa shape index (κ1) is 14.9. The standard InChI is InChI=1S/C17H18N2O2/c18-11-7-2-1-4-10-16-12-19(13-16)17(20)21-14-15-8-5-3-6-9-15/h3,5-6,8-9,16H,1-2,7,12-14H2. The highest BCUT2D eigenvalue weighted by Gasteiger charge is 2.30. The Kier molecular flexibility index (Phi) is 5.67. The Bertz CT molecular complexity index is 560. The fourth-order valence-corrected chi connectivity index (χ4v) is 2.00. The SMILES string of the molecule is N#CCCCC#CC1CN(C(=O)OCc2ccccc2)C1. The maximum atomic E-state index is 11.8. The average molecular weight is 282 g/mol. The van der Waals surface area contributed by atoms with Crippen molar-refractivity contribution in [2.45, 2.75) is 25.9 Å². The topological polar surface area (TPSA) is 53.3 Å². The number of unbranched alkanes of at least 4 members (excludes halogenated alkanes) is 2. The van der Waals surface area contributed by atoms with Crippen molar-refractivity contribution in [3.63, 3.8) is 0 Å². The summed E-state index contributed by atoms with van der Waals surface area (Å²) in [5.41, 5.74) is 0.986. The number of hydrogen-bond acceptors (Lipinski definition) is 3. The third-order valence-corrected chi connectivity index (χ3v) is 3.24. The number of nitrogens with zero attached hydrogens (tertiary/aromatic N) is 2. The van der Waals surface area contributed by atoms with Gasteiger partial charge in [0.05, 0.1) is 12.0 Å². The molecule has 0 saturated carbocycles. The van der Waals surface area contributed by atoms with Gasteiger partial charge in [0, 0.05) is 25.9 Å². The Balaban J connectivity index is 1.63. The first-order valence-electron chi connectivity index (χ1n) is 7.10. The maximum absolute atomic E-state index is 11.8. The molecule has 0 aliphatic carbocycles. The van der Waals surface area contributed by atoms with Crippen molar-refractivity contribution in [2.24, 2.45) is 5.92 Å². The summed E-state index contributed by atoms with van der Waals surface area (Å²) in [7, 11) is 0. The van der Waals surface area contributed by atoms with Crippen molar-refractivity contribution < 1.29 is 9.53 Å². The number of amides is 1. The second kappa shape index (κ2) is 7.97. The molecule has 2 rings (SSSR count). The number of ether oxygens (including phenoxy) is 1. The van der Waals surface area contributed by atoms with Crippen LogP contribution in [0.25, 0.3) is 0 Å². The highest BCUT2D eigenvalue weighted by atomic mass is 16.6. The monoisotopic (exact) mass is 282 g/mol. The minimum absolute atomic E-state index is 0.247. The molecule has 0 N–H and O–H groups in total. The van der Waals surface area contributed by atoms with Crippen molar-refractivity contribution in [3.05, 3.63) is 35.9 Å². The van der Waals surface area contributed by atoms with Crippen LogP contribution in [-0.2, 0) is 11.3 Å². The van der Waals surface area contributed by atoms with Gasteiger partial charge in [0.25, 0.3) is 0 Å². The first-order chi connectivity index (χ1) is 10.3. The van der Waals surface area contributed by atoms with Gasteiger partial charge in [-0.05, 0) is 12.0 Å². The molecule has 1 aromatic rings. The largest absolute Gasteiger partial charge is 0.445 e. The third kappa shape index (κ3) is 4.85. The van der Waals surface area contributed by atoms with E-state index in [1.807, 2.05) is 30.3 Å². The molecule has 0 atom stereocenters. The van der Waals surface area contributed by atoms with Crippen LogP contribution in [0.5, 0.6) is 0 Å². The lowest BCUT2D eigenvalue weighted by molar-refractivity contribution is 0.0624. The number of rotatable bonds is 4. The molecule has 1 aliphatic rings. The van der Waals surface area contributed by atoms with Gasteiger partial charge in [0.2, 0.25) is 0 Å². The van der Waals surface area contributed by atoms with Gasteiger partial charge in [0.15, 0.2) is 0 Å². The van der Waals surface area contributed by atoms with Gasteiger partial charge in [0.1, 0.15) is 6.61 Å². The van der Waals surface area contributed by atoms with Crippen molar-refractivity contribution >= 4 is 6.09 Å². The Hall–Kier alpha value is -2.46. The molecule has 0 spiro atoms. The fourth-order valence-electron chi connectivity index (χ4n) is 2.00. The second-order valence-electron chi connectivity index (χ2n) is 4.97. The summed E-state index contributed by atoms with van der Waals surface area (Å²) < 4.78 is 5.24. The maximum Gasteiger partial charge on any atom is 0.410 e. The van der Waals surface area contributed by atoms with Gasteiger partial charge >= 0.3 is 6.09 Å². The number of benzene rings is 1. The van der Waals surface area contributed by atoms with Crippen molar-refractivity contribution in [1.29, 1.82) is 5.26 Å². The first-order valence-corrected chi connectivity index (χ1v) is 7.10. The van der Waals surface area contributed by atoms with E-state index < -0.39 is 0 Å². The number of nitriles is 1. The molecule has 0 radical (unpaired) electrons. The Labute approximate surface area is 125 Å². The van der Waals surface area contributed by atoms with Crippen LogP contribution in [0, 0.1) is 29.1 Å². The van der Waals surface area contributed by atoms with Crippen LogP contribution in [0.4, 0.5) is 4.79 Å². The van der Waals surface area contributed by atoms with E-state index in [9.17, 15) is 4.79 Å². The summed E-state index contributed by atoms with van der Waals surface area (Å²) in [5.74, 6) is 6.43. The summed E-state index contributed by atoms with van der Waals surface area (Å²) >= 11 is 0. The highest BCUT2D eigenvalue weighted by Crippen LogP contribution is 2.16. The van der Waals surface area contributed by atoms with Crippen molar-refractivity contribution in [2.75, 3.05) is 13.1 Å². The molecule has 4 heteroatoms. The predicted molar refractivity (Wildman–Crippen MR) is 78.9 cm³/mol. The van der Waals surface area contributed by atoms with Gasteiger partial charge in [-0.15, -0.1) is 5.92 Å².